The first kappa shape index (κ1) is 12.9. The molecule has 1 aliphatic rings. The van der Waals surface area contributed by atoms with Crippen LogP contribution in [0.2, 0.25) is 0 Å². The van der Waals surface area contributed by atoms with Crippen LogP contribution in [0.4, 0.5) is 5.69 Å². The van der Waals surface area contributed by atoms with E-state index in [1.165, 1.54) is 0 Å². The second-order valence-corrected chi connectivity index (χ2v) is 6.96. The van der Waals surface area contributed by atoms with Gasteiger partial charge < -0.3 is 11.1 Å². The second-order valence-electron chi connectivity index (χ2n) is 4.78. The van der Waals surface area contributed by atoms with Crippen LogP contribution in [0.3, 0.4) is 0 Å². The number of hydrogen-bond donors (Lipinski definition) is 2. The van der Waals surface area contributed by atoms with Crippen molar-refractivity contribution in [3.63, 3.8) is 0 Å². The van der Waals surface area contributed by atoms with Crippen LogP contribution < -0.4 is 11.1 Å². The molecule has 1 fully saturated rings. The SMILES string of the molecule is Cc1ccc(NC2(C(N)=O)CCS(=O)(=O)C2)cc1. The lowest BCUT2D eigenvalue weighted by Gasteiger charge is -2.26. The number of benzene rings is 1. The molecule has 1 unspecified atom stereocenters. The van der Waals surface area contributed by atoms with Gasteiger partial charge in [-0.2, -0.15) is 0 Å². The number of carbonyl (C=O) groups is 1. The van der Waals surface area contributed by atoms with Gasteiger partial charge in [0, 0.05) is 5.69 Å². The van der Waals surface area contributed by atoms with E-state index in [1.807, 2.05) is 31.2 Å². The van der Waals surface area contributed by atoms with Crippen LogP contribution in [-0.2, 0) is 14.6 Å². The van der Waals surface area contributed by atoms with Crippen molar-refractivity contribution in [3.8, 4) is 0 Å². The number of nitrogens with two attached hydrogens (primary N) is 1. The van der Waals surface area contributed by atoms with Gasteiger partial charge in [0.15, 0.2) is 9.84 Å². The molecule has 0 saturated carbocycles. The number of anilines is 1. The van der Waals surface area contributed by atoms with Crippen LogP contribution >= 0.6 is 0 Å². The lowest BCUT2D eigenvalue weighted by atomic mass is 9.97. The Morgan fingerprint density at radius 2 is 1.94 bits per heavy atom. The van der Waals surface area contributed by atoms with Crippen molar-refractivity contribution in [1.82, 2.24) is 0 Å². The lowest BCUT2D eigenvalue weighted by Crippen LogP contribution is -2.51. The zero-order chi connectivity index (χ0) is 13.4. The van der Waals surface area contributed by atoms with Crippen molar-refractivity contribution in [2.45, 2.75) is 18.9 Å². The van der Waals surface area contributed by atoms with Crippen molar-refractivity contribution in [3.05, 3.63) is 29.8 Å². The van der Waals surface area contributed by atoms with Crippen molar-refractivity contribution in [2.24, 2.45) is 5.73 Å². The van der Waals surface area contributed by atoms with E-state index in [9.17, 15) is 13.2 Å². The maximum atomic E-state index is 11.6. The minimum absolute atomic E-state index is 0.00516. The molecule has 3 N–H and O–H groups in total. The summed E-state index contributed by atoms with van der Waals surface area (Å²) in [5.41, 5.74) is 5.99. The van der Waals surface area contributed by atoms with E-state index in [0.717, 1.165) is 5.56 Å². The summed E-state index contributed by atoms with van der Waals surface area (Å²) in [5, 5.41) is 2.98. The molecule has 0 radical (unpaired) electrons. The van der Waals surface area contributed by atoms with Crippen LogP contribution in [0.1, 0.15) is 12.0 Å². The Hall–Kier alpha value is -1.56. The smallest absolute Gasteiger partial charge is 0.244 e. The first-order valence-corrected chi connectivity index (χ1v) is 7.50. The molecule has 5 nitrogen and oxygen atoms in total. The summed E-state index contributed by atoms with van der Waals surface area (Å²) < 4.78 is 23.1. The molecule has 18 heavy (non-hydrogen) atoms. The Morgan fingerprint density at radius 3 is 2.39 bits per heavy atom. The van der Waals surface area contributed by atoms with E-state index in [-0.39, 0.29) is 17.9 Å². The molecule has 6 heteroatoms. The molecule has 1 amide bonds. The number of aryl methyl sites for hydroxylation is 1. The summed E-state index contributed by atoms with van der Waals surface area (Å²) in [6.07, 6.45) is 0.221. The largest absolute Gasteiger partial charge is 0.370 e. The zero-order valence-electron chi connectivity index (χ0n) is 10.1. The third-order valence-electron chi connectivity index (χ3n) is 3.21. The van der Waals surface area contributed by atoms with Gasteiger partial charge in [0.1, 0.15) is 5.54 Å². The van der Waals surface area contributed by atoms with Gasteiger partial charge in [-0.05, 0) is 25.5 Å². The molecule has 0 aromatic heterocycles. The van der Waals surface area contributed by atoms with E-state index in [1.54, 1.807) is 0 Å². The van der Waals surface area contributed by atoms with Gasteiger partial charge in [0.25, 0.3) is 0 Å². The summed E-state index contributed by atoms with van der Waals surface area (Å²) in [7, 11) is -3.19. The molecule has 1 aromatic carbocycles. The molecule has 0 spiro atoms. The van der Waals surface area contributed by atoms with Gasteiger partial charge in [-0.3, -0.25) is 4.79 Å². The third-order valence-corrected chi connectivity index (χ3v) is 4.97. The summed E-state index contributed by atoms with van der Waals surface area (Å²) in [6, 6.07) is 7.40. The predicted molar refractivity (Wildman–Crippen MR) is 70.0 cm³/mol. The number of nitrogens with one attached hydrogen (secondary N) is 1. The van der Waals surface area contributed by atoms with E-state index in [2.05, 4.69) is 5.32 Å². The minimum Gasteiger partial charge on any atom is -0.370 e. The van der Waals surface area contributed by atoms with Gasteiger partial charge in [-0.25, -0.2) is 8.42 Å². The maximum absolute atomic E-state index is 11.6. The fourth-order valence-electron chi connectivity index (χ4n) is 2.12. The highest BCUT2D eigenvalue weighted by molar-refractivity contribution is 7.91. The maximum Gasteiger partial charge on any atom is 0.244 e. The fourth-order valence-corrected chi connectivity index (χ4v) is 4.03. The normalized spacial score (nSPS) is 25.8. The standard InChI is InChI=1S/C12H16N2O3S/c1-9-2-4-10(5-3-9)14-12(11(13)15)6-7-18(16,17)8-12/h2-5,14H,6-8H2,1H3,(H2,13,15). The highest BCUT2D eigenvalue weighted by Crippen LogP contribution is 2.27. The summed E-state index contributed by atoms with van der Waals surface area (Å²) in [6.45, 7) is 1.95. The van der Waals surface area contributed by atoms with Crippen molar-refractivity contribution < 1.29 is 13.2 Å². The number of carbonyl (C=O) groups excluding carboxylic acids is 1. The van der Waals surface area contributed by atoms with Gasteiger partial charge in [-0.15, -0.1) is 0 Å². The lowest BCUT2D eigenvalue weighted by molar-refractivity contribution is -0.121. The van der Waals surface area contributed by atoms with Crippen LogP contribution in [0, 0.1) is 6.92 Å². The molecular weight excluding hydrogens is 252 g/mol. The summed E-state index contributed by atoms with van der Waals surface area (Å²) in [5.74, 6) is -0.859. The highest BCUT2D eigenvalue weighted by Gasteiger charge is 2.47. The Kier molecular flexibility index (Phi) is 3.06. The zero-order valence-corrected chi connectivity index (χ0v) is 11.0. The average molecular weight is 268 g/mol. The summed E-state index contributed by atoms with van der Waals surface area (Å²) in [4.78, 5) is 11.6. The fraction of sp³-hybridized carbons (Fsp3) is 0.417. The van der Waals surface area contributed by atoms with E-state index >= 15 is 0 Å². The van der Waals surface area contributed by atoms with Gasteiger partial charge >= 0.3 is 0 Å². The Bertz CT molecular complexity index is 565. The molecule has 1 saturated heterocycles. The van der Waals surface area contributed by atoms with Crippen molar-refractivity contribution in [1.29, 1.82) is 0 Å². The van der Waals surface area contributed by atoms with Crippen LogP contribution in [-0.4, -0.2) is 31.4 Å². The van der Waals surface area contributed by atoms with Crippen molar-refractivity contribution >= 4 is 21.4 Å². The summed E-state index contributed by atoms with van der Waals surface area (Å²) >= 11 is 0. The van der Waals surface area contributed by atoms with E-state index < -0.39 is 21.3 Å². The van der Waals surface area contributed by atoms with Crippen LogP contribution in [0.15, 0.2) is 24.3 Å². The topological polar surface area (TPSA) is 89.3 Å². The number of sulfone groups is 1. The monoisotopic (exact) mass is 268 g/mol. The molecule has 1 heterocycles. The average Bonchev–Trinajstić information content (AvgIpc) is 2.59. The molecule has 1 aromatic rings. The number of rotatable bonds is 3. The molecule has 98 valence electrons. The van der Waals surface area contributed by atoms with E-state index in [4.69, 9.17) is 5.73 Å². The van der Waals surface area contributed by atoms with Crippen LogP contribution in [0.25, 0.3) is 0 Å². The minimum atomic E-state index is -3.19. The second kappa shape index (κ2) is 4.28. The molecule has 1 aliphatic heterocycles. The molecular formula is C12H16N2O3S. The van der Waals surface area contributed by atoms with Crippen molar-refractivity contribution in [2.75, 3.05) is 16.8 Å². The quantitative estimate of drug-likeness (QED) is 0.833. The first-order valence-electron chi connectivity index (χ1n) is 5.68. The number of primary amides is 1. The van der Waals surface area contributed by atoms with Gasteiger partial charge in [-0.1, -0.05) is 17.7 Å². The molecule has 0 aliphatic carbocycles. The van der Waals surface area contributed by atoms with E-state index in [0.29, 0.717) is 5.69 Å². The third kappa shape index (κ3) is 2.48. The Labute approximate surface area is 106 Å². The Balaban J connectivity index is 2.28. The highest BCUT2D eigenvalue weighted by atomic mass is 32.2. The number of amides is 1. The molecule has 0 bridgehead atoms. The number of hydrogen-bond acceptors (Lipinski definition) is 4. The molecule has 1 atom stereocenters. The van der Waals surface area contributed by atoms with Gasteiger partial charge in [0.2, 0.25) is 5.91 Å². The predicted octanol–water partition coefficient (Wildman–Crippen LogP) is 0.450. The molecule has 2 rings (SSSR count). The van der Waals surface area contributed by atoms with Crippen LogP contribution in [0.5, 0.6) is 0 Å². The Morgan fingerprint density at radius 1 is 1.33 bits per heavy atom. The first-order chi connectivity index (χ1) is 8.33. The van der Waals surface area contributed by atoms with Gasteiger partial charge in [0.05, 0.1) is 11.5 Å².